The number of aromatic carboxylic acids is 6. The van der Waals surface area contributed by atoms with Crippen LogP contribution in [0.25, 0.3) is 0 Å². The number of carboxylic acids is 6. The van der Waals surface area contributed by atoms with Crippen LogP contribution in [-0.4, -0.2) is 76.7 Å². The monoisotopic (exact) mass is 1270 g/mol. The second kappa shape index (κ2) is 46.4. The van der Waals surface area contributed by atoms with Gasteiger partial charge in [-0.15, -0.1) is 0 Å². The van der Waals surface area contributed by atoms with Crippen LogP contribution in [0, 0.1) is 117 Å². The molecule has 0 fully saturated rings. The third-order valence-electron chi connectivity index (χ3n) is 5.64. The van der Waals surface area contributed by atoms with E-state index in [0.717, 1.165) is 111 Å². The van der Waals surface area contributed by atoms with E-state index in [4.69, 9.17) is 0 Å². The van der Waals surface area contributed by atoms with E-state index in [1.807, 2.05) is 0 Å². The van der Waals surface area contributed by atoms with Crippen LogP contribution < -0.4 is 30.6 Å². The molecule has 6 aromatic heterocycles. The second-order valence-electron chi connectivity index (χ2n) is 10.1. The number of carbonyl (C=O) groups is 6. The number of rotatable bonds is 6. The molecule has 0 aromatic carbocycles. The molecule has 0 aliphatic heterocycles. The fraction of sp³-hybridized carbons (Fsp3) is 0. The first-order valence-corrected chi connectivity index (χ1v) is 15.1. The molecule has 0 aliphatic carbocycles. The van der Waals surface area contributed by atoms with Crippen molar-refractivity contribution in [2.24, 2.45) is 0 Å². The molecule has 0 saturated heterocycles. The van der Waals surface area contributed by atoms with Crippen LogP contribution in [0.4, 0.5) is 26.3 Å². The predicted molar refractivity (Wildman–Crippen MR) is 208 cm³/mol. The number of nitrogens with zero attached hydrogens (tertiary/aromatic N) is 6. The Labute approximate surface area is 452 Å². The average molecular weight is 1280 g/mol. The van der Waals surface area contributed by atoms with Crippen LogP contribution in [0.1, 0.15) is 62.1 Å². The van der Waals surface area contributed by atoms with Gasteiger partial charge in [-0.1, -0.05) is 0 Å². The fourth-order valence-electron chi connectivity index (χ4n) is 3.14. The van der Waals surface area contributed by atoms with Gasteiger partial charge in [0.2, 0.25) is 0 Å². The first kappa shape index (κ1) is 86.8. The van der Waals surface area contributed by atoms with E-state index in [-0.39, 0.29) is 159 Å². The molecule has 22 N–H and O–H groups in total. The molecule has 0 bridgehead atoms. The Kier molecular flexibility index (Phi) is 57.6. The van der Waals surface area contributed by atoms with Crippen molar-refractivity contribution in [3.63, 3.8) is 0 Å². The third-order valence-corrected chi connectivity index (χ3v) is 5.64. The molecule has 2 radical (unpaired) electrons. The molecule has 6 heterocycles. The smallest absolute Gasteiger partial charge is 0.545 e. The van der Waals surface area contributed by atoms with Crippen molar-refractivity contribution < 1.29 is 211 Å². The van der Waals surface area contributed by atoms with Gasteiger partial charge < -0.3 is 103 Å². The van der Waals surface area contributed by atoms with E-state index >= 15 is 0 Å². The number of carbonyl (C=O) groups excluding carboxylic acids is 6. The molecule has 6 rings (SSSR count). The van der Waals surface area contributed by atoms with Gasteiger partial charge in [0.15, 0.2) is 0 Å². The Bertz CT molecular complexity index is 2030. The Hall–Kier alpha value is -6.32. The van der Waals surface area contributed by atoms with E-state index in [9.17, 15) is 85.7 Å². The molecule has 0 unspecified atom stereocenters. The summed E-state index contributed by atoms with van der Waals surface area (Å²) in [5.41, 5.74) is -1.50. The van der Waals surface area contributed by atoms with Gasteiger partial charge in [-0.25, -0.2) is 26.3 Å². The van der Waals surface area contributed by atoms with Crippen molar-refractivity contribution in [2.75, 3.05) is 0 Å². The normalized spacial score (nSPS) is 7.97. The summed E-state index contributed by atoms with van der Waals surface area (Å²) < 4.78 is 73.0. The quantitative estimate of drug-likeness (QED) is 0.110. The molecule has 0 atom stereocenters. The molecule has 0 aliphatic rings. The van der Waals surface area contributed by atoms with Gasteiger partial charge in [0.25, 0.3) is 0 Å². The van der Waals surface area contributed by atoms with E-state index in [1.54, 1.807) is 0 Å². The summed E-state index contributed by atoms with van der Waals surface area (Å²) >= 11 is 0. The predicted octanol–water partition coefficient (Wildman–Crippen LogP) is -9.68. The van der Waals surface area contributed by atoms with Crippen LogP contribution in [0.2, 0.25) is 0 Å². The largest absolute Gasteiger partial charge is 3.00 e. The van der Waals surface area contributed by atoms with Crippen molar-refractivity contribution in [3.05, 3.63) is 179 Å². The SMILES string of the molecule is O.O.O=C([O-])c1cncc(F)c1.O=C([O-])c1cncc(F)c1.O=C([O-])c1cncc(F)c1.O=C([O-])c1cncc(F)c1.O=C([O-])c1cncc(F)c1.O=C([O-])c1cncc(F)c1.[Nd+3].[Nd+3].[OH3+].[OH3+].[OH3+].[OH3+].[OH3+].[OH3+]. The molecule has 70 heavy (non-hydrogen) atoms. The van der Waals surface area contributed by atoms with Crippen LogP contribution in [0.15, 0.2) is 111 Å². The van der Waals surface area contributed by atoms with Crippen molar-refractivity contribution >= 4 is 35.8 Å². The maximum Gasteiger partial charge on any atom is 3.00 e. The molecule has 0 spiro atoms. The summed E-state index contributed by atoms with van der Waals surface area (Å²) in [4.78, 5) is 80.1. The second-order valence-corrected chi connectivity index (χ2v) is 10.1. The first-order chi connectivity index (χ1) is 28.2. The minimum Gasteiger partial charge on any atom is -0.545 e. The number of hydrogen-bond donors (Lipinski definition) is 0. The minimum absolute atomic E-state index is 0. The Morgan fingerprint density at radius 1 is 0.271 bits per heavy atom. The molecule has 0 saturated carbocycles. The molecular formula is C36H40F6N6Nd2O20+6. The summed E-state index contributed by atoms with van der Waals surface area (Å²) in [6.45, 7) is 0. The number of pyridine rings is 6. The van der Waals surface area contributed by atoms with Gasteiger partial charge in [0, 0.05) is 70.6 Å². The van der Waals surface area contributed by atoms with Crippen LogP contribution in [0.5, 0.6) is 0 Å². The van der Waals surface area contributed by atoms with Crippen molar-refractivity contribution in [1.29, 1.82) is 0 Å². The molecule has 26 nitrogen and oxygen atoms in total. The minimum atomic E-state index is -1.42. The zero-order chi connectivity index (χ0) is 45.4. The summed E-state index contributed by atoms with van der Waals surface area (Å²) in [7, 11) is 0. The van der Waals surface area contributed by atoms with Gasteiger partial charge in [-0.2, -0.15) is 0 Å². The molecule has 0 amide bonds. The maximum atomic E-state index is 12.2. The Morgan fingerprint density at radius 2 is 0.371 bits per heavy atom. The fourth-order valence-corrected chi connectivity index (χ4v) is 3.14. The number of halogens is 6. The van der Waals surface area contributed by atoms with Gasteiger partial charge in [0.05, 0.1) is 73.0 Å². The van der Waals surface area contributed by atoms with Gasteiger partial charge >= 0.3 is 81.7 Å². The van der Waals surface area contributed by atoms with Crippen molar-refractivity contribution in [3.8, 4) is 0 Å². The van der Waals surface area contributed by atoms with Crippen molar-refractivity contribution in [2.45, 2.75) is 0 Å². The molecule has 378 valence electrons. The zero-order valence-corrected chi connectivity index (χ0v) is 41.1. The van der Waals surface area contributed by atoms with Gasteiger partial charge in [0.1, 0.15) is 34.9 Å². The molecule has 6 aromatic rings. The summed E-state index contributed by atoms with van der Waals surface area (Å²) in [5, 5.41) is 60.2. The summed E-state index contributed by atoms with van der Waals surface area (Å²) in [5.74, 6) is -12.6. The molecular weight excluding hydrogens is 1240 g/mol. The first-order valence-electron chi connectivity index (χ1n) is 15.1. The third kappa shape index (κ3) is 37.6. The van der Waals surface area contributed by atoms with Crippen LogP contribution in [0.3, 0.4) is 0 Å². The van der Waals surface area contributed by atoms with Crippen LogP contribution in [-0.2, 0) is 32.9 Å². The Morgan fingerprint density at radius 3 is 0.429 bits per heavy atom. The van der Waals surface area contributed by atoms with E-state index in [1.165, 1.54) is 0 Å². The topological polar surface area (TPSA) is 579 Å². The summed E-state index contributed by atoms with van der Waals surface area (Å²) in [6, 6.07) is 5.10. The zero-order valence-electron chi connectivity index (χ0n) is 34.7. The number of carboxylic acid groups (broad SMARTS) is 6. The van der Waals surface area contributed by atoms with Crippen LogP contribution >= 0.6 is 0 Å². The average Bonchev–Trinajstić information content (AvgIpc) is 3.19. The maximum absolute atomic E-state index is 12.2. The van der Waals surface area contributed by atoms with Gasteiger partial charge in [-0.05, 0) is 36.4 Å². The van der Waals surface area contributed by atoms with E-state index < -0.39 is 70.7 Å². The number of aromatic nitrogens is 6. The standard InChI is InChI=1S/6C6H4FNO2.2Nd.8H2O/c6*7-5-1-4(6(9)10)2-8-3-5;;;;;;;;;;/h6*1-3H,(H,9,10);;;8*1H2/q;;;;;;2*+3;;;;;;;;. The van der Waals surface area contributed by atoms with Crippen molar-refractivity contribution in [1.82, 2.24) is 29.9 Å². The number of hydrogen-bond acceptors (Lipinski definition) is 18. The van der Waals surface area contributed by atoms with Gasteiger partial charge in [-0.3, -0.25) is 29.9 Å². The molecule has 34 heteroatoms. The van der Waals surface area contributed by atoms with E-state index in [2.05, 4.69) is 29.9 Å². The summed E-state index contributed by atoms with van der Waals surface area (Å²) in [6.07, 6.45) is 11.7. The Balaban J connectivity index is -0.0000000750. The van der Waals surface area contributed by atoms with E-state index in [0.29, 0.717) is 0 Å².